The van der Waals surface area contributed by atoms with Crippen LogP contribution in [0.3, 0.4) is 0 Å². The fourth-order valence-electron chi connectivity index (χ4n) is 2.11. The van der Waals surface area contributed by atoms with Crippen LogP contribution < -0.4 is 0 Å². The molecular weight excluding hydrogens is 320 g/mol. The molecule has 0 aromatic carbocycles. The highest BCUT2D eigenvalue weighted by Crippen LogP contribution is 2.24. The predicted molar refractivity (Wildman–Crippen MR) is 69.8 cm³/mol. The Morgan fingerprint density at radius 2 is 1.65 bits per heavy atom. The van der Waals surface area contributed by atoms with Crippen LogP contribution in [0.1, 0.15) is 0 Å². The summed E-state index contributed by atoms with van der Waals surface area (Å²) in [6.45, 7) is -1.64. The van der Waals surface area contributed by atoms with Crippen LogP contribution in [0.5, 0.6) is 0 Å². The number of ether oxygens (including phenoxy) is 2. The second kappa shape index (κ2) is 8.94. The lowest BCUT2D eigenvalue weighted by atomic mass is 9.98. The van der Waals surface area contributed by atoms with Gasteiger partial charge >= 0.3 is 0 Å². The average molecular weight is 342 g/mol. The molecule has 0 aliphatic carbocycles. The predicted octanol–water partition coefficient (Wildman–Crippen LogP) is -5.55. The molecule has 0 saturated carbocycles. The molecule has 136 valence electrons. The Hall–Kier alpha value is -0.730. The van der Waals surface area contributed by atoms with Gasteiger partial charge in [0, 0.05) is 0 Å². The van der Waals surface area contributed by atoms with E-state index in [-0.39, 0.29) is 6.29 Å². The molecule has 0 amide bonds. The van der Waals surface area contributed by atoms with Crippen molar-refractivity contribution in [2.75, 3.05) is 13.2 Å². The van der Waals surface area contributed by atoms with Gasteiger partial charge in [-0.2, -0.15) is 0 Å². The van der Waals surface area contributed by atoms with Crippen LogP contribution in [0, 0.1) is 0 Å². The molecule has 0 aromatic rings. The molecule has 1 fully saturated rings. The number of carbonyl (C=O) groups is 1. The quantitative estimate of drug-likeness (QED) is 0.196. The third-order valence-corrected chi connectivity index (χ3v) is 3.53. The maximum atomic E-state index is 10.5. The number of rotatable bonds is 8. The molecule has 0 bridgehead atoms. The fraction of sp³-hybridized carbons (Fsp3) is 0.917. The molecule has 8 N–H and O–H groups in total. The maximum Gasteiger partial charge on any atom is 0.187 e. The molecule has 1 aliphatic rings. The second-order valence-corrected chi connectivity index (χ2v) is 5.17. The minimum atomic E-state index is -1.97. The van der Waals surface area contributed by atoms with Crippen LogP contribution >= 0.6 is 0 Å². The average Bonchev–Trinajstić information content (AvgIpc) is 2.57. The van der Waals surface area contributed by atoms with E-state index in [1.54, 1.807) is 0 Å². The first kappa shape index (κ1) is 20.3. The van der Waals surface area contributed by atoms with Crippen molar-refractivity contribution in [3.8, 4) is 0 Å². The normalized spacial score (nSPS) is 37.0. The number of carbonyl (C=O) groups excluding carboxylic acids is 1. The van der Waals surface area contributed by atoms with Gasteiger partial charge in [0.2, 0.25) is 0 Å². The summed E-state index contributed by atoms with van der Waals surface area (Å²) in [6.07, 6.45) is -15.7. The summed E-state index contributed by atoms with van der Waals surface area (Å²) in [5.41, 5.74) is 0. The van der Waals surface area contributed by atoms with E-state index in [0.717, 1.165) is 0 Å². The van der Waals surface area contributed by atoms with Gasteiger partial charge in [0.05, 0.1) is 13.2 Å². The van der Waals surface area contributed by atoms with Gasteiger partial charge in [0.25, 0.3) is 0 Å². The Morgan fingerprint density at radius 1 is 1.04 bits per heavy atom. The van der Waals surface area contributed by atoms with E-state index in [4.69, 9.17) is 19.7 Å². The molecule has 0 radical (unpaired) electrons. The lowest BCUT2D eigenvalue weighted by molar-refractivity contribution is -0.326. The summed E-state index contributed by atoms with van der Waals surface area (Å²) in [5.74, 6) is 0. The van der Waals surface area contributed by atoms with Crippen LogP contribution in [-0.4, -0.2) is 115 Å². The van der Waals surface area contributed by atoms with Crippen molar-refractivity contribution in [1.29, 1.82) is 0 Å². The number of aliphatic hydroxyl groups is 8. The van der Waals surface area contributed by atoms with E-state index in [2.05, 4.69) is 0 Å². The monoisotopic (exact) mass is 342 g/mol. The molecule has 23 heavy (non-hydrogen) atoms. The summed E-state index contributed by atoms with van der Waals surface area (Å²) in [5, 5.41) is 75.7. The highest BCUT2D eigenvalue weighted by molar-refractivity contribution is 5.56. The van der Waals surface area contributed by atoms with E-state index < -0.39 is 68.3 Å². The Bertz CT molecular complexity index is 365. The van der Waals surface area contributed by atoms with Crippen molar-refractivity contribution in [3.05, 3.63) is 0 Å². The molecule has 11 nitrogen and oxygen atoms in total. The molecule has 1 saturated heterocycles. The lowest BCUT2D eigenvalue weighted by Crippen LogP contribution is -2.61. The molecule has 0 spiro atoms. The van der Waals surface area contributed by atoms with Gasteiger partial charge in [-0.25, -0.2) is 0 Å². The first-order chi connectivity index (χ1) is 10.8. The molecule has 9 atom stereocenters. The van der Waals surface area contributed by atoms with Gasteiger partial charge in [0.15, 0.2) is 12.6 Å². The third-order valence-electron chi connectivity index (χ3n) is 3.53. The number of aldehydes is 1. The van der Waals surface area contributed by atoms with E-state index >= 15 is 0 Å². The van der Waals surface area contributed by atoms with Gasteiger partial charge < -0.3 is 55.1 Å². The molecule has 1 aliphatic heterocycles. The van der Waals surface area contributed by atoms with Crippen molar-refractivity contribution in [2.24, 2.45) is 0 Å². The Morgan fingerprint density at radius 3 is 2.13 bits per heavy atom. The molecule has 1 heterocycles. The van der Waals surface area contributed by atoms with Crippen LogP contribution in [0.2, 0.25) is 0 Å². The lowest BCUT2D eigenvalue weighted by Gasteiger charge is -2.42. The number of aliphatic hydroxyl groups excluding tert-OH is 8. The highest BCUT2D eigenvalue weighted by atomic mass is 16.7. The molecule has 11 heteroatoms. The van der Waals surface area contributed by atoms with Crippen LogP contribution in [0.15, 0.2) is 0 Å². The van der Waals surface area contributed by atoms with Gasteiger partial charge in [-0.1, -0.05) is 0 Å². The number of hydrogen-bond acceptors (Lipinski definition) is 11. The summed E-state index contributed by atoms with van der Waals surface area (Å²) < 4.78 is 10.1. The molecule has 0 unspecified atom stereocenters. The standard InChI is InChI=1S/C12H22O11/c13-1-4(16)7(18)11(5(17)2-14)23-12-10(21)9(20)8(19)6(3-15)22-12/h1,4-12,14-21H,2-3H2/t4-,5+,6+,7+,8-,9-,10+,11-,12-/m0/s1. The Kier molecular flexibility index (Phi) is 7.89. The maximum absolute atomic E-state index is 10.5. The molecule has 0 aromatic heterocycles. The van der Waals surface area contributed by atoms with Gasteiger partial charge in [-0.15, -0.1) is 0 Å². The van der Waals surface area contributed by atoms with Gasteiger partial charge in [-0.3, -0.25) is 0 Å². The van der Waals surface area contributed by atoms with Crippen LogP contribution in [0.4, 0.5) is 0 Å². The zero-order valence-corrected chi connectivity index (χ0v) is 12.0. The van der Waals surface area contributed by atoms with Gasteiger partial charge in [-0.05, 0) is 0 Å². The summed E-state index contributed by atoms with van der Waals surface area (Å²) in [6, 6.07) is 0. The summed E-state index contributed by atoms with van der Waals surface area (Å²) in [7, 11) is 0. The smallest absolute Gasteiger partial charge is 0.187 e. The zero-order valence-electron chi connectivity index (χ0n) is 12.0. The van der Waals surface area contributed by atoms with E-state index in [1.807, 2.05) is 0 Å². The molecule has 1 rings (SSSR count). The Balaban J connectivity index is 2.91. The number of hydrogen-bond donors (Lipinski definition) is 8. The first-order valence-electron chi connectivity index (χ1n) is 6.84. The Labute approximate surface area is 130 Å². The van der Waals surface area contributed by atoms with Gasteiger partial charge in [0.1, 0.15) is 48.8 Å². The second-order valence-electron chi connectivity index (χ2n) is 5.17. The van der Waals surface area contributed by atoms with Crippen molar-refractivity contribution in [3.63, 3.8) is 0 Å². The largest absolute Gasteiger partial charge is 0.394 e. The molecular formula is C12H22O11. The summed E-state index contributed by atoms with van der Waals surface area (Å²) >= 11 is 0. The SMILES string of the molecule is O=C[C@H](O)[C@@H](O)[C@@H](O[C@@H]1O[C@H](CO)[C@H](O)[C@H](O)[C@H]1O)[C@H](O)CO. The fourth-order valence-corrected chi connectivity index (χ4v) is 2.11. The van der Waals surface area contributed by atoms with E-state index in [1.165, 1.54) is 0 Å². The summed E-state index contributed by atoms with van der Waals surface area (Å²) in [4.78, 5) is 10.5. The van der Waals surface area contributed by atoms with Crippen molar-refractivity contribution < 1.29 is 55.1 Å². The van der Waals surface area contributed by atoms with Crippen LogP contribution in [-0.2, 0) is 14.3 Å². The minimum absolute atomic E-state index is 0.0294. The van der Waals surface area contributed by atoms with Crippen molar-refractivity contribution >= 4 is 6.29 Å². The highest BCUT2D eigenvalue weighted by Gasteiger charge is 2.46. The zero-order chi connectivity index (χ0) is 17.7. The van der Waals surface area contributed by atoms with Crippen LogP contribution in [0.25, 0.3) is 0 Å². The topological polar surface area (TPSA) is 197 Å². The van der Waals surface area contributed by atoms with E-state index in [9.17, 15) is 35.4 Å². The van der Waals surface area contributed by atoms with Crippen molar-refractivity contribution in [1.82, 2.24) is 0 Å². The first-order valence-corrected chi connectivity index (χ1v) is 6.84. The van der Waals surface area contributed by atoms with Crippen molar-refractivity contribution in [2.45, 2.75) is 55.1 Å². The minimum Gasteiger partial charge on any atom is -0.394 e. The van der Waals surface area contributed by atoms with E-state index in [0.29, 0.717) is 0 Å². The third kappa shape index (κ3) is 4.64.